The zero-order valence-electron chi connectivity index (χ0n) is 9.48. The summed E-state index contributed by atoms with van der Waals surface area (Å²) in [6.45, 7) is 0. The van der Waals surface area contributed by atoms with Crippen molar-refractivity contribution in [3.05, 3.63) is 57.3 Å². The molecule has 5 heteroatoms. The second kappa shape index (κ2) is 5.50. The highest BCUT2D eigenvalue weighted by Gasteiger charge is 2.14. The van der Waals surface area contributed by atoms with Crippen LogP contribution in [-0.2, 0) is 0 Å². The molecule has 18 heavy (non-hydrogen) atoms. The SMILES string of the molecule is COc1cncc(C(=O)c2ccc(Br)cc2Cl)c1. The Balaban J connectivity index is 2.41. The largest absolute Gasteiger partial charge is 0.495 e. The molecule has 0 spiro atoms. The summed E-state index contributed by atoms with van der Waals surface area (Å²) < 4.78 is 5.86. The second-order valence-electron chi connectivity index (χ2n) is 3.57. The fourth-order valence-electron chi connectivity index (χ4n) is 1.48. The molecule has 3 nitrogen and oxygen atoms in total. The number of hydrogen-bond acceptors (Lipinski definition) is 3. The first-order valence-electron chi connectivity index (χ1n) is 5.10. The van der Waals surface area contributed by atoms with Crippen molar-refractivity contribution in [1.82, 2.24) is 4.98 Å². The molecule has 0 fully saturated rings. The third-order valence-corrected chi connectivity index (χ3v) is 3.19. The van der Waals surface area contributed by atoms with Gasteiger partial charge in [0.2, 0.25) is 0 Å². The fraction of sp³-hybridized carbons (Fsp3) is 0.0769. The first kappa shape index (κ1) is 13.1. The smallest absolute Gasteiger partial charge is 0.196 e. The van der Waals surface area contributed by atoms with Crippen molar-refractivity contribution in [3.63, 3.8) is 0 Å². The summed E-state index contributed by atoms with van der Waals surface area (Å²) in [5, 5.41) is 0.400. The molecule has 2 rings (SSSR count). The van der Waals surface area contributed by atoms with Crippen molar-refractivity contribution < 1.29 is 9.53 Å². The van der Waals surface area contributed by atoms with E-state index in [0.717, 1.165) is 4.47 Å². The van der Waals surface area contributed by atoms with Crippen LogP contribution in [0.15, 0.2) is 41.1 Å². The van der Waals surface area contributed by atoms with Crippen molar-refractivity contribution in [3.8, 4) is 5.75 Å². The number of rotatable bonds is 3. The van der Waals surface area contributed by atoms with Gasteiger partial charge >= 0.3 is 0 Å². The third-order valence-electron chi connectivity index (χ3n) is 2.39. The predicted octanol–water partition coefficient (Wildman–Crippen LogP) is 3.74. The van der Waals surface area contributed by atoms with Gasteiger partial charge in [0.15, 0.2) is 5.78 Å². The number of pyridine rings is 1. The Morgan fingerprint density at radius 2 is 2.11 bits per heavy atom. The van der Waals surface area contributed by atoms with Gasteiger partial charge in [-0.3, -0.25) is 9.78 Å². The molecule has 0 aliphatic heterocycles. The summed E-state index contributed by atoms with van der Waals surface area (Å²) in [6, 6.07) is 6.76. The Labute approximate surface area is 118 Å². The van der Waals surface area contributed by atoms with Gasteiger partial charge in [0, 0.05) is 21.8 Å². The molecule has 0 aliphatic rings. The van der Waals surface area contributed by atoms with Crippen LogP contribution < -0.4 is 4.74 Å². The van der Waals surface area contributed by atoms with E-state index < -0.39 is 0 Å². The lowest BCUT2D eigenvalue weighted by atomic mass is 10.1. The van der Waals surface area contributed by atoms with Gasteiger partial charge in [-0.1, -0.05) is 27.5 Å². The highest BCUT2D eigenvalue weighted by Crippen LogP contribution is 2.24. The number of ketones is 1. The van der Waals surface area contributed by atoms with Crippen molar-refractivity contribution in [2.24, 2.45) is 0 Å². The van der Waals surface area contributed by atoms with E-state index >= 15 is 0 Å². The fourth-order valence-corrected chi connectivity index (χ4v) is 2.24. The van der Waals surface area contributed by atoms with Crippen molar-refractivity contribution in [2.45, 2.75) is 0 Å². The summed E-state index contributed by atoms with van der Waals surface area (Å²) in [6.07, 6.45) is 3.03. The summed E-state index contributed by atoms with van der Waals surface area (Å²) in [5.41, 5.74) is 0.883. The summed E-state index contributed by atoms with van der Waals surface area (Å²) in [7, 11) is 1.53. The summed E-state index contributed by atoms with van der Waals surface area (Å²) >= 11 is 9.34. The molecular weight excluding hydrogens is 318 g/mol. The van der Waals surface area contributed by atoms with Gasteiger partial charge in [-0.15, -0.1) is 0 Å². The van der Waals surface area contributed by atoms with E-state index in [-0.39, 0.29) is 5.78 Å². The number of methoxy groups -OCH3 is 1. The molecule has 0 bridgehead atoms. The first-order chi connectivity index (χ1) is 8.61. The van der Waals surface area contributed by atoms with Crippen LogP contribution >= 0.6 is 27.5 Å². The molecule has 0 unspecified atom stereocenters. The van der Waals surface area contributed by atoms with Crippen LogP contribution in [0.4, 0.5) is 0 Å². The first-order valence-corrected chi connectivity index (χ1v) is 6.27. The van der Waals surface area contributed by atoms with E-state index in [1.807, 2.05) is 0 Å². The number of halogens is 2. The van der Waals surface area contributed by atoms with Crippen LogP contribution in [0.1, 0.15) is 15.9 Å². The zero-order valence-corrected chi connectivity index (χ0v) is 11.8. The lowest BCUT2D eigenvalue weighted by Gasteiger charge is -2.05. The minimum atomic E-state index is -0.182. The van der Waals surface area contributed by atoms with E-state index in [1.54, 1.807) is 30.5 Å². The maximum absolute atomic E-state index is 12.3. The van der Waals surface area contributed by atoms with Crippen LogP contribution in [0.2, 0.25) is 5.02 Å². The maximum atomic E-state index is 12.3. The van der Waals surface area contributed by atoms with Gasteiger partial charge in [0.1, 0.15) is 5.75 Å². The molecule has 92 valence electrons. The number of benzene rings is 1. The molecule has 1 aromatic carbocycles. The Hall–Kier alpha value is -1.39. The van der Waals surface area contributed by atoms with E-state index in [4.69, 9.17) is 16.3 Å². The third kappa shape index (κ3) is 2.71. The standard InChI is InChI=1S/C13H9BrClNO2/c1-18-10-4-8(6-16-7-10)13(17)11-3-2-9(14)5-12(11)15/h2-7H,1H3. The van der Waals surface area contributed by atoms with Gasteiger partial charge in [0.05, 0.1) is 18.3 Å². The van der Waals surface area contributed by atoms with Gasteiger partial charge in [-0.05, 0) is 24.3 Å². The van der Waals surface area contributed by atoms with E-state index in [1.165, 1.54) is 13.3 Å². The predicted molar refractivity (Wildman–Crippen MR) is 73.4 cm³/mol. The minimum Gasteiger partial charge on any atom is -0.495 e. The summed E-state index contributed by atoms with van der Waals surface area (Å²) in [4.78, 5) is 16.2. The molecule has 0 aliphatic carbocycles. The summed E-state index contributed by atoms with van der Waals surface area (Å²) in [5.74, 6) is 0.355. The van der Waals surface area contributed by atoms with Gasteiger partial charge in [-0.2, -0.15) is 0 Å². The highest BCUT2D eigenvalue weighted by molar-refractivity contribution is 9.10. The number of ether oxygens (including phenoxy) is 1. The zero-order chi connectivity index (χ0) is 13.1. The topological polar surface area (TPSA) is 39.2 Å². The quantitative estimate of drug-likeness (QED) is 0.807. The van der Waals surface area contributed by atoms with Gasteiger partial charge in [0.25, 0.3) is 0 Å². The van der Waals surface area contributed by atoms with Crippen LogP contribution in [0.3, 0.4) is 0 Å². The number of aromatic nitrogens is 1. The number of carbonyl (C=O) groups excluding carboxylic acids is 1. The molecule has 1 heterocycles. The molecule has 1 aromatic heterocycles. The molecule has 0 saturated heterocycles. The van der Waals surface area contributed by atoms with E-state index in [0.29, 0.717) is 21.9 Å². The molecule has 0 radical (unpaired) electrons. The van der Waals surface area contributed by atoms with Crippen molar-refractivity contribution in [1.29, 1.82) is 0 Å². The maximum Gasteiger partial charge on any atom is 0.196 e. The Morgan fingerprint density at radius 1 is 1.33 bits per heavy atom. The van der Waals surface area contributed by atoms with Crippen LogP contribution in [0.5, 0.6) is 5.75 Å². The van der Waals surface area contributed by atoms with Crippen molar-refractivity contribution in [2.75, 3.05) is 7.11 Å². The monoisotopic (exact) mass is 325 g/mol. The number of hydrogen-bond donors (Lipinski definition) is 0. The second-order valence-corrected chi connectivity index (χ2v) is 4.89. The molecule has 0 amide bonds. The van der Waals surface area contributed by atoms with Crippen LogP contribution in [0.25, 0.3) is 0 Å². The minimum absolute atomic E-state index is 0.182. The molecule has 0 saturated carbocycles. The van der Waals surface area contributed by atoms with E-state index in [2.05, 4.69) is 20.9 Å². The lowest BCUT2D eigenvalue weighted by molar-refractivity contribution is 0.103. The number of carbonyl (C=O) groups is 1. The van der Waals surface area contributed by atoms with Crippen LogP contribution in [-0.4, -0.2) is 17.9 Å². The Morgan fingerprint density at radius 3 is 2.78 bits per heavy atom. The van der Waals surface area contributed by atoms with Gasteiger partial charge < -0.3 is 4.74 Å². The molecule has 2 aromatic rings. The number of nitrogens with zero attached hydrogens (tertiary/aromatic N) is 1. The molecule has 0 N–H and O–H groups in total. The Bertz CT molecular complexity index is 601. The Kier molecular flexibility index (Phi) is 3.99. The average molecular weight is 327 g/mol. The molecular formula is C13H9BrClNO2. The van der Waals surface area contributed by atoms with Gasteiger partial charge in [-0.25, -0.2) is 0 Å². The normalized spacial score (nSPS) is 10.2. The lowest BCUT2D eigenvalue weighted by Crippen LogP contribution is -2.03. The molecule has 0 atom stereocenters. The van der Waals surface area contributed by atoms with E-state index in [9.17, 15) is 4.79 Å². The van der Waals surface area contributed by atoms with Crippen LogP contribution in [0, 0.1) is 0 Å². The van der Waals surface area contributed by atoms with Crippen molar-refractivity contribution >= 4 is 33.3 Å². The highest BCUT2D eigenvalue weighted by atomic mass is 79.9. The average Bonchev–Trinajstić information content (AvgIpc) is 2.38.